The van der Waals surface area contributed by atoms with Crippen LogP contribution in [0, 0.1) is 0 Å². The normalized spacial score (nSPS) is 11.6. The molecule has 164 valence electrons. The van der Waals surface area contributed by atoms with Crippen molar-refractivity contribution in [3.05, 3.63) is 60.2 Å². The van der Waals surface area contributed by atoms with Crippen molar-refractivity contribution in [1.29, 1.82) is 0 Å². The van der Waals surface area contributed by atoms with E-state index in [0.29, 0.717) is 37.6 Å². The second-order valence-corrected chi connectivity index (χ2v) is 8.55. The van der Waals surface area contributed by atoms with Crippen LogP contribution in [0.15, 0.2) is 58.2 Å². The van der Waals surface area contributed by atoms with Crippen molar-refractivity contribution < 1.29 is 22.5 Å². The third-order valence-electron chi connectivity index (χ3n) is 4.57. The first-order valence-corrected chi connectivity index (χ1v) is 11.4. The minimum Gasteiger partial charge on any atom is -0.462 e. The van der Waals surface area contributed by atoms with E-state index in [9.17, 15) is 13.2 Å². The Hall–Kier alpha value is -3.11. The van der Waals surface area contributed by atoms with Gasteiger partial charge in [-0.3, -0.25) is 4.98 Å². The van der Waals surface area contributed by atoms with Crippen molar-refractivity contribution in [2.24, 2.45) is 0 Å². The quantitative estimate of drug-likeness (QED) is 0.346. The van der Waals surface area contributed by atoms with Crippen molar-refractivity contribution >= 4 is 16.0 Å². The zero-order chi connectivity index (χ0) is 22.3. The van der Waals surface area contributed by atoms with Gasteiger partial charge in [-0.1, -0.05) is 25.1 Å². The number of sulfonamides is 1. The number of ether oxygens (including phenoxy) is 1. The van der Waals surface area contributed by atoms with Crippen molar-refractivity contribution in [2.45, 2.75) is 31.6 Å². The number of benzene rings is 1. The van der Waals surface area contributed by atoms with Crippen molar-refractivity contribution in [3.63, 3.8) is 0 Å². The lowest BCUT2D eigenvalue weighted by Crippen LogP contribution is -2.30. The van der Waals surface area contributed by atoms with Gasteiger partial charge in [0.15, 0.2) is 0 Å². The van der Waals surface area contributed by atoms with Crippen LogP contribution in [-0.2, 0) is 21.2 Å². The molecule has 0 spiro atoms. The fourth-order valence-electron chi connectivity index (χ4n) is 2.94. The van der Waals surface area contributed by atoms with Crippen LogP contribution < -0.4 is 0 Å². The van der Waals surface area contributed by atoms with Gasteiger partial charge < -0.3 is 9.26 Å². The third-order valence-corrected chi connectivity index (χ3v) is 6.61. The number of carbonyl (C=O) groups is 1. The van der Waals surface area contributed by atoms with Gasteiger partial charge in [0.2, 0.25) is 21.7 Å². The molecule has 0 radical (unpaired) electrons. The molecular weight excluding hydrogens is 420 g/mol. The molecule has 0 aliphatic heterocycles. The average molecular weight is 445 g/mol. The molecule has 31 heavy (non-hydrogen) atoms. The van der Waals surface area contributed by atoms with Crippen LogP contribution in [0.1, 0.15) is 36.5 Å². The summed E-state index contributed by atoms with van der Waals surface area (Å²) in [4.78, 5) is 20.7. The molecule has 0 fully saturated rings. The molecule has 1 aromatic carbocycles. The number of carbonyl (C=O) groups excluding carboxylic acids is 1. The summed E-state index contributed by atoms with van der Waals surface area (Å²) >= 11 is 0. The van der Waals surface area contributed by atoms with Crippen molar-refractivity contribution in [3.8, 4) is 11.4 Å². The average Bonchev–Trinajstić information content (AvgIpc) is 3.27. The predicted octanol–water partition coefficient (Wildman–Crippen LogP) is 2.95. The molecule has 0 saturated carbocycles. The molecule has 10 heteroatoms. The van der Waals surface area contributed by atoms with Gasteiger partial charge in [0, 0.05) is 37.5 Å². The van der Waals surface area contributed by atoms with Gasteiger partial charge in [-0.25, -0.2) is 13.2 Å². The van der Waals surface area contributed by atoms with Gasteiger partial charge in [0.1, 0.15) is 0 Å². The molecular formula is C21H24N4O5S. The van der Waals surface area contributed by atoms with Crippen LogP contribution in [0.3, 0.4) is 0 Å². The Labute approximate surface area is 181 Å². The SMILES string of the molecule is CCN(CC)S(=O)(=O)c1cccc(C(=O)OCCCc2nc(-c3cccnc3)no2)c1. The fraction of sp³-hybridized carbons (Fsp3) is 0.333. The van der Waals surface area contributed by atoms with Gasteiger partial charge in [-0.2, -0.15) is 9.29 Å². The number of rotatable bonds is 10. The Morgan fingerprint density at radius 2 is 1.97 bits per heavy atom. The molecule has 0 amide bonds. The smallest absolute Gasteiger partial charge is 0.338 e. The summed E-state index contributed by atoms with van der Waals surface area (Å²) in [5, 5.41) is 3.91. The lowest BCUT2D eigenvalue weighted by Gasteiger charge is -2.18. The molecule has 0 atom stereocenters. The molecule has 0 N–H and O–H groups in total. The first kappa shape index (κ1) is 22.6. The highest BCUT2D eigenvalue weighted by Gasteiger charge is 2.22. The third kappa shape index (κ3) is 5.53. The van der Waals surface area contributed by atoms with Crippen molar-refractivity contribution in [1.82, 2.24) is 19.4 Å². The van der Waals surface area contributed by atoms with Crippen LogP contribution in [0.5, 0.6) is 0 Å². The standard InChI is InChI=1S/C21H24N4O5S/c1-3-25(4-2)31(27,28)18-10-5-8-16(14-18)21(26)29-13-7-11-19-23-20(24-30-19)17-9-6-12-22-15-17/h5-6,8-10,12,14-15H,3-4,7,11,13H2,1-2H3. The monoisotopic (exact) mass is 444 g/mol. The zero-order valence-corrected chi connectivity index (χ0v) is 18.2. The van der Waals surface area contributed by atoms with E-state index in [2.05, 4.69) is 15.1 Å². The van der Waals surface area contributed by atoms with Crippen LogP contribution in [0.4, 0.5) is 0 Å². The van der Waals surface area contributed by atoms with Gasteiger partial charge >= 0.3 is 5.97 Å². The number of pyridine rings is 1. The number of hydrogen-bond donors (Lipinski definition) is 0. The highest BCUT2D eigenvalue weighted by molar-refractivity contribution is 7.89. The first-order valence-electron chi connectivity index (χ1n) is 9.96. The Balaban J connectivity index is 1.54. The topological polar surface area (TPSA) is 115 Å². The van der Waals surface area contributed by atoms with Crippen LogP contribution in [0.25, 0.3) is 11.4 Å². The Kier molecular flexibility index (Phi) is 7.48. The maximum atomic E-state index is 12.6. The molecule has 0 bridgehead atoms. The summed E-state index contributed by atoms with van der Waals surface area (Å²) in [5.74, 6) is 0.298. The number of aromatic nitrogens is 3. The van der Waals surface area contributed by atoms with Gasteiger partial charge in [0.05, 0.1) is 17.1 Å². The summed E-state index contributed by atoms with van der Waals surface area (Å²) < 4.78 is 37.1. The molecule has 2 aromatic heterocycles. The van der Waals surface area contributed by atoms with Crippen LogP contribution >= 0.6 is 0 Å². The number of esters is 1. The Bertz CT molecular complexity index is 1110. The highest BCUT2D eigenvalue weighted by atomic mass is 32.2. The van der Waals surface area contributed by atoms with E-state index in [4.69, 9.17) is 9.26 Å². The van der Waals surface area contributed by atoms with E-state index in [-0.39, 0.29) is 17.1 Å². The van der Waals surface area contributed by atoms with Gasteiger partial charge in [0.25, 0.3) is 0 Å². The second-order valence-electron chi connectivity index (χ2n) is 6.61. The number of aryl methyl sites for hydroxylation is 1. The maximum Gasteiger partial charge on any atom is 0.338 e. The number of nitrogens with zero attached hydrogens (tertiary/aromatic N) is 4. The lowest BCUT2D eigenvalue weighted by atomic mass is 10.2. The van der Waals surface area contributed by atoms with E-state index in [1.54, 1.807) is 32.3 Å². The summed E-state index contributed by atoms with van der Waals surface area (Å²) in [6.07, 6.45) is 4.23. The molecule has 3 aromatic rings. The molecule has 9 nitrogen and oxygen atoms in total. The second kappa shape index (κ2) is 10.3. The Morgan fingerprint density at radius 1 is 1.16 bits per heavy atom. The Morgan fingerprint density at radius 3 is 2.68 bits per heavy atom. The summed E-state index contributed by atoms with van der Waals surface area (Å²) in [6.45, 7) is 4.37. The van der Waals surface area contributed by atoms with E-state index in [1.807, 2.05) is 6.07 Å². The van der Waals surface area contributed by atoms with Crippen LogP contribution in [0.2, 0.25) is 0 Å². The minimum atomic E-state index is -3.65. The van der Waals surface area contributed by atoms with Gasteiger partial charge in [-0.15, -0.1) is 0 Å². The molecule has 2 heterocycles. The van der Waals surface area contributed by atoms with E-state index in [1.165, 1.54) is 28.6 Å². The largest absolute Gasteiger partial charge is 0.462 e. The molecule has 3 rings (SSSR count). The maximum absolute atomic E-state index is 12.6. The molecule has 0 saturated heterocycles. The highest BCUT2D eigenvalue weighted by Crippen LogP contribution is 2.18. The first-order chi connectivity index (χ1) is 15.0. The molecule has 0 aliphatic rings. The van der Waals surface area contributed by atoms with E-state index >= 15 is 0 Å². The fourth-order valence-corrected chi connectivity index (χ4v) is 4.44. The minimum absolute atomic E-state index is 0.0689. The molecule has 0 aliphatic carbocycles. The summed E-state index contributed by atoms with van der Waals surface area (Å²) in [7, 11) is -3.65. The predicted molar refractivity (Wildman–Crippen MR) is 113 cm³/mol. The van der Waals surface area contributed by atoms with E-state index in [0.717, 1.165) is 5.56 Å². The summed E-state index contributed by atoms with van der Waals surface area (Å²) in [6, 6.07) is 9.49. The molecule has 0 unspecified atom stereocenters. The lowest BCUT2D eigenvalue weighted by molar-refractivity contribution is 0.0498. The zero-order valence-electron chi connectivity index (χ0n) is 17.4. The van der Waals surface area contributed by atoms with E-state index < -0.39 is 16.0 Å². The number of hydrogen-bond acceptors (Lipinski definition) is 8. The van der Waals surface area contributed by atoms with Crippen molar-refractivity contribution in [2.75, 3.05) is 19.7 Å². The van der Waals surface area contributed by atoms with Crippen LogP contribution in [-0.4, -0.2) is 53.5 Å². The summed E-state index contributed by atoms with van der Waals surface area (Å²) in [5.41, 5.74) is 0.938. The van der Waals surface area contributed by atoms with Gasteiger partial charge in [-0.05, 0) is 36.8 Å².